The zero-order valence-electron chi connectivity index (χ0n) is 18.9. The summed E-state index contributed by atoms with van der Waals surface area (Å²) in [6, 6.07) is 5.77. The minimum Gasteiger partial charge on any atom is -0.378 e. The molecular weight excluding hydrogens is 432 g/mol. The summed E-state index contributed by atoms with van der Waals surface area (Å²) in [6.45, 7) is 4.89. The summed E-state index contributed by atoms with van der Waals surface area (Å²) in [7, 11) is 0. The molecule has 1 amide bonds. The number of carbonyl (C=O) groups is 1. The number of amides is 1. The van der Waals surface area contributed by atoms with Gasteiger partial charge < -0.3 is 25.6 Å². The van der Waals surface area contributed by atoms with Crippen molar-refractivity contribution in [1.82, 2.24) is 30.6 Å². The predicted molar refractivity (Wildman–Crippen MR) is 129 cm³/mol. The largest absolute Gasteiger partial charge is 0.378 e. The van der Waals surface area contributed by atoms with Crippen LogP contribution in [0.2, 0.25) is 0 Å². The molecule has 1 unspecified atom stereocenters. The molecule has 1 fully saturated rings. The Labute approximate surface area is 197 Å². The summed E-state index contributed by atoms with van der Waals surface area (Å²) >= 11 is 0. The second-order valence-corrected chi connectivity index (χ2v) is 7.99. The fourth-order valence-electron chi connectivity index (χ4n) is 3.95. The van der Waals surface area contributed by atoms with E-state index in [2.05, 4.69) is 35.8 Å². The van der Waals surface area contributed by atoms with Crippen LogP contribution in [0, 0.1) is 0 Å². The third kappa shape index (κ3) is 4.40. The van der Waals surface area contributed by atoms with Gasteiger partial charge >= 0.3 is 0 Å². The number of morpholine rings is 1. The minimum absolute atomic E-state index is 0.106. The van der Waals surface area contributed by atoms with Crippen molar-refractivity contribution in [2.24, 2.45) is 0 Å². The number of anilines is 3. The van der Waals surface area contributed by atoms with Crippen LogP contribution in [0.25, 0.3) is 10.9 Å². The van der Waals surface area contributed by atoms with Crippen molar-refractivity contribution in [3.05, 3.63) is 66.9 Å². The maximum absolute atomic E-state index is 12.3. The molecule has 0 radical (unpaired) electrons. The molecule has 10 heteroatoms. The Balaban J connectivity index is 1.45. The summed E-state index contributed by atoms with van der Waals surface area (Å²) in [5.74, 6) is 1.22. The van der Waals surface area contributed by atoms with Crippen molar-refractivity contribution in [3.8, 4) is 0 Å². The summed E-state index contributed by atoms with van der Waals surface area (Å²) < 4.78 is 5.41. The maximum Gasteiger partial charge on any atom is 0.227 e. The maximum atomic E-state index is 12.3. The first-order valence-electron chi connectivity index (χ1n) is 11.3. The average molecular weight is 459 g/mol. The molecular formula is C24H26N8O2. The van der Waals surface area contributed by atoms with Crippen LogP contribution in [0.4, 0.5) is 17.5 Å². The van der Waals surface area contributed by atoms with Gasteiger partial charge in [0.15, 0.2) is 5.66 Å². The lowest BCUT2D eigenvalue weighted by molar-refractivity contribution is -0.122. The Morgan fingerprint density at radius 2 is 2.03 bits per heavy atom. The second-order valence-electron chi connectivity index (χ2n) is 7.99. The van der Waals surface area contributed by atoms with Gasteiger partial charge in [-0.05, 0) is 36.6 Å². The number of aromatic nitrogens is 4. The number of allylic oxidation sites excluding steroid dienone is 2. The van der Waals surface area contributed by atoms with Gasteiger partial charge in [-0.1, -0.05) is 13.0 Å². The molecule has 10 nitrogen and oxygen atoms in total. The smallest absolute Gasteiger partial charge is 0.227 e. The molecule has 2 aliphatic heterocycles. The van der Waals surface area contributed by atoms with E-state index in [0.29, 0.717) is 36.8 Å². The van der Waals surface area contributed by atoms with E-state index in [0.717, 1.165) is 30.0 Å². The number of nitrogens with zero attached hydrogens (tertiary/aromatic N) is 5. The highest BCUT2D eigenvalue weighted by Crippen LogP contribution is 2.28. The summed E-state index contributed by atoms with van der Waals surface area (Å²) in [5, 5.41) is 10.3. The van der Waals surface area contributed by atoms with Crippen LogP contribution in [0.15, 0.2) is 61.2 Å². The molecule has 3 aromatic rings. The number of carbonyl (C=O) groups excluding carboxylic acids is 1. The lowest BCUT2D eigenvalue weighted by Gasteiger charge is -2.33. The van der Waals surface area contributed by atoms with Crippen molar-refractivity contribution in [1.29, 1.82) is 0 Å². The van der Waals surface area contributed by atoms with Gasteiger partial charge in [0.05, 0.1) is 25.1 Å². The van der Waals surface area contributed by atoms with Crippen molar-refractivity contribution in [2.75, 3.05) is 36.5 Å². The molecule has 0 spiro atoms. The van der Waals surface area contributed by atoms with E-state index in [1.165, 1.54) is 0 Å². The number of fused-ring (bicyclic) bond motifs is 1. The van der Waals surface area contributed by atoms with E-state index in [-0.39, 0.29) is 5.91 Å². The summed E-state index contributed by atoms with van der Waals surface area (Å²) in [6.07, 6.45) is 12.9. The first-order chi connectivity index (χ1) is 16.7. The highest BCUT2D eigenvalue weighted by Gasteiger charge is 2.34. The van der Waals surface area contributed by atoms with Gasteiger partial charge in [0.2, 0.25) is 11.9 Å². The molecule has 5 rings (SSSR count). The van der Waals surface area contributed by atoms with Gasteiger partial charge in [-0.2, -0.15) is 0 Å². The normalized spacial score (nSPS) is 19.6. The van der Waals surface area contributed by atoms with E-state index in [1.807, 2.05) is 43.4 Å². The summed E-state index contributed by atoms with van der Waals surface area (Å²) in [5.41, 5.74) is 0.976. The molecule has 5 heterocycles. The zero-order chi connectivity index (χ0) is 23.4. The number of ether oxygens (including phenoxy) is 1. The van der Waals surface area contributed by atoms with E-state index < -0.39 is 5.66 Å². The van der Waals surface area contributed by atoms with E-state index in [9.17, 15) is 4.79 Å². The lowest BCUT2D eigenvalue weighted by Crippen LogP contribution is -2.54. The first kappa shape index (κ1) is 21.8. The molecule has 34 heavy (non-hydrogen) atoms. The van der Waals surface area contributed by atoms with Crippen molar-refractivity contribution < 1.29 is 9.53 Å². The molecule has 3 N–H and O–H groups in total. The predicted octanol–water partition coefficient (Wildman–Crippen LogP) is 2.35. The van der Waals surface area contributed by atoms with Crippen LogP contribution in [-0.4, -0.2) is 52.1 Å². The van der Waals surface area contributed by atoms with Crippen LogP contribution in [0.5, 0.6) is 0 Å². The highest BCUT2D eigenvalue weighted by atomic mass is 16.5. The third-order valence-electron chi connectivity index (χ3n) is 5.73. The molecule has 174 valence electrons. The average Bonchev–Trinajstić information content (AvgIpc) is 2.89. The van der Waals surface area contributed by atoms with Crippen molar-refractivity contribution >= 4 is 34.3 Å². The zero-order valence-corrected chi connectivity index (χ0v) is 18.9. The fraction of sp³-hybridized carbons (Fsp3) is 0.292. The van der Waals surface area contributed by atoms with Crippen LogP contribution < -0.4 is 20.9 Å². The Morgan fingerprint density at radius 3 is 2.76 bits per heavy atom. The molecule has 2 aliphatic rings. The molecule has 0 bridgehead atoms. The Hall–Kier alpha value is -4.05. The van der Waals surface area contributed by atoms with Crippen LogP contribution in [-0.2, 0) is 15.2 Å². The Bertz CT molecular complexity index is 1240. The van der Waals surface area contributed by atoms with E-state index >= 15 is 0 Å². The molecule has 1 atom stereocenters. The number of dihydropyridines is 1. The monoisotopic (exact) mass is 458 g/mol. The second kappa shape index (κ2) is 9.44. The SMILES string of the molecule is CCC(=O)NC1(c2nccc3cnc(Nc4ccc(N5CCOCC5)nc4)nc23)C=CC=CN1. The topological polar surface area (TPSA) is 117 Å². The first-order valence-corrected chi connectivity index (χ1v) is 11.3. The Kier molecular flexibility index (Phi) is 6.05. The summed E-state index contributed by atoms with van der Waals surface area (Å²) in [4.78, 5) is 32.9. The quantitative estimate of drug-likeness (QED) is 0.512. The number of hydrogen-bond donors (Lipinski definition) is 3. The molecule has 0 aromatic carbocycles. The van der Waals surface area contributed by atoms with Crippen LogP contribution in [0.1, 0.15) is 19.0 Å². The molecule has 3 aromatic heterocycles. The van der Waals surface area contributed by atoms with Crippen LogP contribution >= 0.6 is 0 Å². The van der Waals surface area contributed by atoms with Gasteiger partial charge in [0.1, 0.15) is 17.0 Å². The minimum atomic E-state index is -1.01. The number of rotatable bonds is 6. The number of pyridine rings is 2. The van der Waals surface area contributed by atoms with E-state index in [1.54, 1.807) is 24.8 Å². The third-order valence-corrected chi connectivity index (χ3v) is 5.73. The lowest BCUT2D eigenvalue weighted by atomic mass is 10.00. The number of nitrogens with one attached hydrogen (secondary N) is 3. The van der Waals surface area contributed by atoms with Gasteiger partial charge in [-0.3, -0.25) is 9.78 Å². The highest BCUT2D eigenvalue weighted by molar-refractivity contribution is 5.84. The van der Waals surface area contributed by atoms with Crippen molar-refractivity contribution in [2.45, 2.75) is 19.0 Å². The van der Waals surface area contributed by atoms with Gasteiger partial charge in [-0.25, -0.2) is 15.0 Å². The van der Waals surface area contributed by atoms with E-state index in [4.69, 9.17) is 9.72 Å². The van der Waals surface area contributed by atoms with Crippen molar-refractivity contribution in [3.63, 3.8) is 0 Å². The van der Waals surface area contributed by atoms with Crippen LogP contribution in [0.3, 0.4) is 0 Å². The molecule has 1 saturated heterocycles. The van der Waals surface area contributed by atoms with Gasteiger partial charge in [0.25, 0.3) is 0 Å². The van der Waals surface area contributed by atoms with Gasteiger partial charge in [0, 0.05) is 37.3 Å². The standard InChI is InChI=1S/C24H26N8O2/c1-2-20(33)31-24(8-3-4-9-28-24)22-21-17(7-10-25-22)15-27-23(30-21)29-18-5-6-19(26-16-18)32-11-13-34-14-12-32/h3-10,15-16,28H,2,11-14H2,1H3,(H,31,33)(H,27,29,30). The number of hydrogen-bond acceptors (Lipinski definition) is 9. The fourth-order valence-corrected chi connectivity index (χ4v) is 3.95. The molecule has 0 aliphatic carbocycles. The van der Waals surface area contributed by atoms with Gasteiger partial charge in [-0.15, -0.1) is 0 Å². The molecule has 0 saturated carbocycles. The Morgan fingerprint density at radius 1 is 1.15 bits per heavy atom.